The molecule has 0 saturated carbocycles. The van der Waals surface area contributed by atoms with Gasteiger partial charge in [-0.1, -0.05) is 47.5 Å². The number of anilines is 1. The summed E-state index contributed by atoms with van der Waals surface area (Å²) in [6.45, 7) is 0. The Labute approximate surface area is 149 Å². The van der Waals surface area contributed by atoms with Gasteiger partial charge in [0.05, 0.1) is 11.0 Å². The van der Waals surface area contributed by atoms with Gasteiger partial charge in [-0.25, -0.2) is 0 Å². The Morgan fingerprint density at radius 1 is 1.17 bits per heavy atom. The first-order chi connectivity index (χ1) is 11.5. The van der Waals surface area contributed by atoms with Gasteiger partial charge in [-0.2, -0.15) is 0 Å². The van der Waals surface area contributed by atoms with E-state index in [0.717, 1.165) is 23.2 Å². The van der Waals surface area contributed by atoms with E-state index in [1.807, 2.05) is 18.2 Å². The summed E-state index contributed by atoms with van der Waals surface area (Å²) in [5.74, 6) is 0.559. The van der Waals surface area contributed by atoms with E-state index in [4.69, 9.17) is 23.2 Å². The second-order valence-electron chi connectivity index (χ2n) is 6.17. The predicted octanol–water partition coefficient (Wildman–Crippen LogP) is 5.73. The lowest BCUT2D eigenvalue weighted by atomic mass is 9.77. The summed E-state index contributed by atoms with van der Waals surface area (Å²) in [6.07, 6.45) is 5.32. The molecule has 4 nitrogen and oxygen atoms in total. The molecule has 2 aliphatic rings. The Kier molecular flexibility index (Phi) is 3.74. The molecular weight excluding hydrogens is 347 g/mol. The number of rotatable bonds is 2. The summed E-state index contributed by atoms with van der Waals surface area (Å²) in [7, 11) is 0. The van der Waals surface area contributed by atoms with Crippen LogP contribution in [0.25, 0.3) is 0 Å². The van der Waals surface area contributed by atoms with E-state index in [9.17, 15) is 10.1 Å². The maximum atomic E-state index is 10.9. The number of allylic oxidation sites excluding steroid dienone is 2. The first-order valence-electron chi connectivity index (χ1n) is 7.71. The highest BCUT2D eigenvalue weighted by atomic mass is 35.5. The molecule has 0 aromatic heterocycles. The molecular formula is C18H14Cl2N2O2. The number of hydrogen-bond acceptors (Lipinski definition) is 3. The number of hydrogen-bond donors (Lipinski definition) is 1. The summed E-state index contributed by atoms with van der Waals surface area (Å²) in [6, 6.07) is 10.5. The third-order valence-corrected chi connectivity index (χ3v) is 5.37. The van der Waals surface area contributed by atoms with E-state index in [1.54, 1.807) is 18.2 Å². The van der Waals surface area contributed by atoms with Crippen LogP contribution in [-0.4, -0.2) is 4.92 Å². The van der Waals surface area contributed by atoms with Crippen LogP contribution in [0.2, 0.25) is 10.0 Å². The number of nitro benzene ring substituents is 1. The molecule has 0 unspecified atom stereocenters. The highest BCUT2D eigenvalue weighted by Gasteiger charge is 2.39. The van der Waals surface area contributed by atoms with Crippen molar-refractivity contribution in [1.82, 2.24) is 0 Å². The van der Waals surface area contributed by atoms with Crippen LogP contribution in [0.3, 0.4) is 0 Å². The summed E-state index contributed by atoms with van der Waals surface area (Å²) in [5, 5.41) is 15.7. The molecule has 0 saturated heterocycles. The highest BCUT2D eigenvalue weighted by molar-refractivity contribution is 6.35. The Balaban J connectivity index is 1.76. The van der Waals surface area contributed by atoms with Crippen LogP contribution >= 0.6 is 23.2 Å². The molecule has 6 heteroatoms. The molecule has 2 aromatic carbocycles. The van der Waals surface area contributed by atoms with Gasteiger partial charge in [0.2, 0.25) is 0 Å². The van der Waals surface area contributed by atoms with Gasteiger partial charge in [-0.05, 0) is 30.0 Å². The van der Waals surface area contributed by atoms with Gasteiger partial charge in [-0.3, -0.25) is 10.1 Å². The molecule has 4 rings (SSSR count). The fourth-order valence-corrected chi connectivity index (χ4v) is 4.40. The van der Waals surface area contributed by atoms with Gasteiger partial charge in [0.15, 0.2) is 0 Å². The minimum absolute atomic E-state index is 0.0628. The number of nitrogens with zero attached hydrogens (tertiary/aromatic N) is 1. The van der Waals surface area contributed by atoms with Gasteiger partial charge < -0.3 is 5.32 Å². The molecule has 0 radical (unpaired) electrons. The molecule has 1 aliphatic heterocycles. The van der Waals surface area contributed by atoms with E-state index >= 15 is 0 Å². The van der Waals surface area contributed by atoms with E-state index in [-0.39, 0.29) is 22.6 Å². The Morgan fingerprint density at radius 3 is 2.62 bits per heavy atom. The fraction of sp³-hybridized carbons (Fsp3) is 0.222. The largest absolute Gasteiger partial charge is 0.378 e. The van der Waals surface area contributed by atoms with Crippen molar-refractivity contribution in [2.75, 3.05) is 5.32 Å². The van der Waals surface area contributed by atoms with Crippen LogP contribution in [0, 0.1) is 16.0 Å². The Morgan fingerprint density at radius 2 is 1.92 bits per heavy atom. The van der Waals surface area contributed by atoms with Crippen LogP contribution in [0.1, 0.15) is 29.5 Å². The molecule has 2 aromatic rings. The Bertz CT molecular complexity index is 849. The maximum Gasteiger partial charge on any atom is 0.269 e. The smallest absolute Gasteiger partial charge is 0.269 e. The second kappa shape index (κ2) is 5.80. The summed E-state index contributed by atoms with van der Waals surface area (Å²) >= 11 is 12.6. The molecule has 0 spiro atoms. The first-order valence-corrected chi connectivity index (χ1v) is 8.46. The molecule has 0 fully saturated rings. The highest BCUT2D eigenvalue weighted by Crippen LogP contribution is 2.52. The molecule has 3 atom stereocenters. The summed E-state index contributed by atoms with van der Waals surface area (Å²) in [5.41, 5.74) is 3.14. The van der Waals surface area contributed by atoms with Crippen molar-refractivity contribution in [3.63, 3.8) is 0 Å². The number of fused-ring (bicyclic) bond motifs is 3. The van der Waals surface area contributed by atoms with E-state index in [1.165, 1.54) is 0 Å². The minimum atomic E-state index is -0.382. The number of halogens is 2. The standard InChI is InChI=1S/C18H14Cl2N2O2/c19-11-8-15(20)17-13-2-1-3-14(13)18(21-16(17)9-11)10-4-6-12(7-5-10)22(23)24/h1-2,4-9,13-14,18,21H,3H2/t13-,14-,18+/m1/s1. The fourth-order valence-electron chi connectivity index (χ4n) is 3.78. The van der Waals surface area contributed by atoms with Crippen LogP contribution in [0.5, 0.6) is 0 Å². The number of benzene rings is 2. The van der Waals surface area contributed by atoms with E-state index in [0.29, 0.717) is 16.0 Å². The monoisotopic (exact) mass is 360 g/mol. The lowest BCUT2D eigenvalue weighted by molar-refractivity contribution is -0.384. The third-order valence-electron chi connectivity index (χ3n) is 4.84. The quantitative estimate of drug-likeness (QED) is 0.422. The molecule has 122 valence electrons. The maximum absolute atomic E-state index is 10.9. The topological polar surface area (TPSA) is 55.2 Å². The number of nitrogens with one attached hydrogen (secondary N) is 1. The van der Waals surface area contributed by atoms with Crippen LogP contribution in [-0.2, 0) is 0 Å². The van der Waals surface area contributed by atoms with Gasteiger partial charge in [0, 0.05) is 39.3 Å². The normalized spacial score (nSPS) is 24.2. The van der Waals surface area contributed by atoms with E-state index < -0.39 is 0 Å². The first kappa shape index (κ1) is 15.5. The predicted molar refractivity (Wildman–Crippen MR) is 95.9 cm³/mol. The number of non-ortho nitro benzene ring substituents is 1. The second-order valence-corrected chi connectivity index (χ2v) is 7.02. The van der Waals surface area contributed by atoms with Crippen molar-refractivity contribution in [1.29, 1.82) is 0 Å². The van der Waals surface area contributed by atoms with Crippen molar-refractivity contribution >= 4 is 34.6 Å². The number of nitro groups is 1. The lowest BCUT2D eigenvalue weighted by Crippen LogP contribution is -2.29. The summed E-state index contributed by atoms with van der Waals surface area (Å²) in [4.78, 5) is 10.5. The van der Waals surface area contributed by atoms with Gasteiger partial charge in [-0.15, -0.1) is 0 Å². The molecule has 0 bridgehead atoms. The average Bonchev–Trinajstić information content (AvgIpc) is 3.02. The van der Waals surface area contributed by atoms with Crippen molar-refractivity contribution < 1.29 is 4.92 Å². The zero-order chi connectivity index (χ0) is 16.8. The van der Waals surface area contributed by atoms with Crippen molar-refractivity contribution in [3.05, 3.63) is 79.8 Å². The van der Waals surface area contributed by atoms with Crippen molar-refractivity contribution in [2.45, 2.75) is 18.4 Å². The average molecular weight is 361 g/mol. The van der Waals surface area contributed by atoms with Crippen LogP contribution in [0.4, 0.5) is 11.4 Å². The van der Waals surface area contributed by atoms with Gasteiger partial charge in [0.25, 0.3) is 5.69 Å². The van der Waals surface area contributed by atoms with Crippen LogP contribution in [0.15, 0.2) is 48.6 Å². The zero-order valence-corrected chi connectivity index (χ0v) is 14.1. The molecule has 1 N–H and O–H groups in total. The molecule has 1 aliphatic carbocycles. The van der Waals surface area contributed by atoms with Crippen molar-refractivity contribution in [3.8, 4) is 0 Å². The molecule has 24 heavy (non-hydrogen) atoms. The molecule has 0 amide bonds. The van der Waals surface area contributed by atoms with Gasteiger partial charge in [0.1, 0.15) is 0 Å². The van der Waals surface area contributed by atoms with Crippen molar-refractivity contribution in [2.24, 2.45) is 5.92 Å². The van der Waals surface area contributed by atoms with Gasteiger partial charge >= 0.3 is 0 Å². The summed E-state index contributed by atoms with van der Waals surface area (Å²) < 4.78 is 0. The zero-order valence-electron chi connectivity index (χ0n) is 12.6. The molecule has 1 heterocycles. The SMILES string of the molecule is O=[N+]([O-])c1ccc([C@@H]2Nc3cc(Cl)cc(Cl)c3[C@@H]3C=CC[C@H]32)cc1. The Hall–Kier alpha value is -2.04. The lowest BCUT2D eigenvalue weighted by Gasteiger charge is -2.38. The van der Waals surface area contributed by atoms with Crippen LogP contribution < -0.4 is 5.32 Å². The third kappa shape index (κ3) is 2.46. The van der Waals surface area contributed by atoms with E-state index in [2.05, 4.69) is 17.5 Å². The minimum Gasteiger partial charge on any atom is -0.378 e.